The third-order valence-corrected chi connectivity index (χ3v) is 1.76. The van der Waals surface area contributed by atoms with Gasteiger partial charge in [0.25, 0.3) is 5.56 Å². The molecule has 1 heterocycles. The summed E-state index contributed by atoms with van der Waals surface area (Å²) in [6.45, 7) is 0. The molecule has 0 saturated heterocycles. The summed E-state index contributed by atoms with van der Waals surface area (Å²) in [6, 6.07) is 0.493. The molecular formula is C7H3ClF3NO2. The second-order valence-electron chi connectivity index (χ2n) is 2.39. The summed E-state index contributed by atoms with van der Waals surface area (Å²) in [7, 11) is 0. The molecule has 0 aromatic carbocycles. The zero-order chi connectivity index (χ0) is 10.9. The van der Waals surface area contributed by atoms with Gasteiger partial charge in [-0.1, -0.05) is 11.6 Å². The molecule has 0 aliphatic rings. The van der Waals surface area contributed by atoms with E-state index < -0.39 is 28.0 Å². The SMILES string of the molecule is O=Cc1c(Cl)cc(C(F)(F)F)[nH]c1=O. The second-order valence-corrected chi connectivity index (χ2v) is 2.80. The number of aromatic nitrogens is 1. The highest BCUT2D eigenvalue weighted by molar-refractivity contribution is 6.32. The van der Waals surface area contributed by atoms with E-state index in [-0.39, 0.29) is 6.29 Å². The average molecular weight is 226 g/mol. The van der Waals surface area contributed by atoms with E-state index >= 15 is 0 Å². The maximum Gasteiger partial charge on any atom is 0.431 e. The number of aldehydes is 1. The van der Waals surface area contributed by atoms with Gasteiger partial charge in [-0.2, -0.15) is 13.2 Å². The van der Waals surface area contributed by atoms with Gasteiger partial charge in [-0.25, -0.2) is 0 Å². The molecule has 1 N–H and O–H groups in total. The van der Waals surface area contributed by atoms with Crippen molar-refractivity contribution in [3.8, 4) is 0 Å². The Morgan fingerprint density at radius 1 is 1.43 bits per heavy atom. The molecule has 0 fully saturated rings. The first-order chi connectivity index (χ1) is 6.36. The summed E-state index contributed by atoms with van der Waals surface area (Å²) in [5.41, 5.74) is -2.95. The first-order valence-corrected chi connectivity index (χ1v) is 3.69. The van der Waals surface area contributed by atoms with Crippen LogP contribution in [0.25, 0.3) is 0 Å². The molecule has 3 nitrogen and oxygen atoms in total. The Labute approximate surface area is 80.5 Å². The number of hydrogen-bond acceptors (Lipinski definition) is 2. The van der Waals surface area contributed by atoms with Gasteiger partial charge >= 0.3 is 6.18 Å². The van der Waals surface area contributed by atoms with Crippen LogP contribution in [0.4, 0.5) is 13.2 Å². The highest BCUT2D eigenvalue weighted by atomic mass is 35.5. The molecule has 1 aromatic heterocycles. The summed E-state index contributed by atoms with van der Waals surface area (Å²) in [4.78, 5) is 22.6. The first kappa shape index (κ1) is 10.8. The van der Waals surface area contributed by atoms with Gasteiger partial charge in [0.15, 0.2) is 6.29 Å². The van der Waals surface area contributed by atoms with E-state index in [0.29, 0.717) is 6.07 Å². The number of carbonyl (C=O) groups excluding carboxylic acids is 1. The molecule has 1 aromatic rings. The average Bonchev–Trinajstić information content (AvgIpc) is 2.01. The Bertz CT molecular complexity index is 424. The minimum absolute atomic E-state index is 0.0985. The lowest BCUT2D eigenvalue weighted by atomic mass is 10.2. The molecule has 0 radical (unpaired) electrons. The van der Waals surface area contributed by atoms with Crippen molar-refractivity contribution >= 4 is 17.9 Å². The quantitative estimate of drug-likeness (QED) is 0.742. The number of hydrogen-bond donors (Lipinski definition) is 1. The van der Waals surface area contributed by atoms with Crippen LogP contribution < -0.4 is 5.56 Å². The van der Waals surface area contributed by atoms with Crippen LogP contribution in [0.5, 0.6) is 0 Å². The second kappa shape index (κ2) is 3.45. The monoisotopic (exact) mass is 225 g/mol. The van der Waals surface area contributed by atoms with Crippen LogP contribution in [0.1, 0.15) is 16.1 Å². The van der Waals surface area contributed by atoms with E-state index in [9.17, 15) is 22.8 Å². The molecule has 0 atom stereocenters. The minimum Gasteiger partial charge on any atom is -0.318 e. The maximum absolute atomic E-state index is 12.1. The normalized spacial score (nSPS) is 11.4. The summed E-state index contributed by atoms with van der Waals surface area (Å²) in [5, 5.41) is -0.518. The van der Waals surface area contributed by atoms with Crippen molar-refractivity contribution in [3.05, 3.63) is 32.7 Å². The van der Waals surface area contributed by atoms with E-state index in [1.165, 1.54) is 4.98 Å². The molecule has 0 aliphatic carbocycles. The molecule has 76 valence electrons. The number of aromatic amines is 1. The number of halogens is 4. The predicted molar refractivity (Wildman–Crippen MR) is 42.5 cm³/mol. The van der Waals surface area contributed by atoms with E-state index in [1.807, 2.05) is 0 Å². The van der Waals surface area contributed by atoms with E-state index in [1.54, 1.807) is 0 Å². The number of H-pyrrole nitrogens is 1. The van der Waals surface area contributed by atoms with Crippen LogP contribution >= 0.6 is 11.6 Å². The standard InChI is InChI=1S/C7H3ClF3NO2/c8-4-1-5(7(9,10)11)12-6(14)3(4)2-13/h1-2H,(H,12,14). The van der Waals surface area contributed by atoms with Gasteiger partial charge in [-0.15, -0.1) is 0 Å². The summed E-state index contributed by atoms with van der Waals surface area (Å²) >= 11 is 5.29. The smallest absolute Gasteiger partial charge is 0.318 e. The van der Waals surface area contributed by atoms with Crippen LogP contribution in [0.15, 0.2) is 10.9 Å². The summed E-state index contributed by atoms with van der Waals surface area (Å²) in [5.74, 6) is 0. The molecule has 0 bridgehead atoms. The predicted octanol–water partition coefficient (Wildman–Crippen LogP) is 1.86. The number of rotatable bonds is 1. The van der Waals surface area contributed by atoms with Crippen molar-refractivity contribution in [2.75, 3.05) is 0 Å². The molecule has 0 spiro atoms. The number of carbonyl (C=O) groups is 1. The first-order valence-electron chi connectivity index (χ1n) is 3.31. The number of pyridine rings is 1. The van der Waals surface area contributed by atoms with Gasteiger partial charge < -0.3 is 4.98 Å². The highest BCUT2D eigenvalue weighted by Gasteiger charge is 2.32. The van der Waals surface area contributed by atoms with Crippen LogP contribution in [0.3, 0.4) is 0 Å². The van der Waals surface area contributed by atoms with Crippen molar-refractivity contribution < 1.29 is 18.0 Å². The van der Waals surface area contributed by atoms with Crippen molar-refractivity contribution in [2.45, 2.75) is 6.18 Å². The Kier molecular flexibility index (Phi) is 2.66. The van der Waals surface area contributed by atoms with Crippen molar-refractivity contribution in [2.24, 2.45) is 0 Å². The number of nitrogens with one attached hydrogen (secondary N) is 1. The zero-order valence-electron chi connectivity index (χ0n) is 6.48. The molecule has 0 amide bonds. The maximum atomic E-state index is 12.1. The Morgan fingerprint density at radius 2 is 2.00 bits per heavy atom. The Morgan fingerprint density at radius 3 is 2.36 bits per heavy atom. The van der Waals surface area contributed by atoms with E-state index in [0.717, 1.165) is 0 Å². The van der Waals surface area contributed by atoms with Crippen LogP contribution in [-0.4, -0.2) is 11.3 Å². The van der Waals surface area contributed by atoms with Crippen molar-refractivity contribution in [3.63, 3.8) is 0 Å². The van der Waals surface area contributed by atoms with Gasteiger partial charge in [-0.05, 0) is 6.07 Å². The lowest BCUT2D eigenvalue weighted by Gasteiger charge is -2.06. The van der Waals surface area contributed by atoms with Gasteiger partial charge in [-0.3, -0.25) is 9.59 Å². The lowest BCUT2D eigenvalue weighted by molar-refractivity contribution is -0.141. The van der Waals surface area contributed by atoms with Gasteiger partial charge in [0.05, 0.1) is 10.6 Å². The summed E-state index contributed by atoms with van der Waals surface area (Å²) in [6.07, 6.45) is -4.59. The fourth-order valence-electron chi connectivity index (χ4n) is 0.801. The third-order valence-electron chi connectivity index (χ3n) is 1.44. The van der Waals surface area contributed by atoms with Gasteiger partial charge in [0, 0.05) is 0 Å². The highest BCUT2D eigenvalue weighted by Crippen LogP contribution is 2.28. The zero-order valence-corrected chi connectivity index (χ0v) is 7.24. The van der Waals surface area contributed by atoms with Gasteiger partial charge in [0.2, 0.25) is 0 Å². The fourth-order valence-corrected chi connectivity index (χ4v) is 1.04. The van der Waals surface area contributed by atoms with Crippen molar-refractivity contribution in [1.29, 1.82) is 0 Å². The molecule has 14 heavy (non-hydrogen) atoms. The lowest BCUT2D eigenvalue weighted by Crippen LogP contribution is -2.19. The Balaban J connectivity index is 3.43. The third kappa shape index (κ3) is 1.95. The fraction of sp³-hybridized carbons (Fsp3) is 0.143. The molecule has 0 aliphatic heterocycles. The Hall–Kier alpha value is -1.30. The largest absolute Gasteiger partial charge is 0.431 e. The van der Waals surface area contributed by atoms with E-state index in [4.69, 9.17) is 11.6 Å². The van der Waals surface area contributed by atoms with Crippen LogP contribution in [0, 0.1) is 0 Å². The van der Waals surface area contributed by atoms with Crippen molar-refractivity contribution in [1.82, 2.24) is 4.98 Å². The van der Waals surface area contributed by atoms with Gasteiger partial charge in [0.1, 0.15) is 5.69 Å². The minimum atomic E-state index is -4.69. The summed E-state index contributed by atoms with van der Waals surface area (Å²) < 4.78 is 36.2. The molecule has 7 heteroatoms. The topological polar surface area (TPSA) is 49.9 Å². The van der Waals surface area contributed by atoms with E-state index in [2.05, 4.69) is 0 Å². The molecule has 1 rings (SSSR count). The van der Waals surface area contributed by atoms with Crippen LogP contribution in [0.2, 0.25) is 5.02 Å². The molecule has 0 unspecified atom stereocenters. The number of alkyl halides is 3. The molecule has 0 saturated carbocycles. The molecular weight excluding hydrogens is 223 g/mol. The van der Waals surface area contributed by atoms with Crippen LogP contribution in [-0.2, 0) is 6.18 Å².